The molecule has 3 heterocycles. The molecule has 34 heavy (non-hydrogen) atoms. The van der Waals surface area contributed by atoms with Crippen molar-refractivity contribution in [3.05, 3.63) is 71.4 Å². The van der Waals surface area contributed by atoms with Crippen LogP contribution in [0.4, 0.5) is 5.69 Å². The molecule has 1 fully saturated rings. The molecule has 0 amide bonds. The normalized spacial score (nSPS) is 14.5. The number of carbonyl (C=O) groups is 1. The second-order valence-electron chi connectivity index (χ2n) is 8.53. The van der Waals surface area contributed by atoms with E-state index in [2.05, 4.69) is 51.1 Å². The van der Waals surface area contributed by atoms with Gasteiger partial charge in [-0.15, -0.1) is 0 Å². The van der Waals surface area contributed by atoms with Gasteiger partial charge < -0.3 is 19.5 Å². The van der Waals surface area contributed by atoms with Gasteiger partial charge >= 0.3 is 5.97 Å². The zero-order valence-electron chi connectivity index (χ0n) is 19.3. The van der Waals surface area contributed by atoms with Crippen LogP contribution in [0.1, 0.15) is 17.3 Å². The SMILES string of the molecule is CCOC(=O)c1ccc(-c2c(-c3ccc(N4CCN(C)CC4)cc3)[nH]c3nccc(Cl)c23)cc1. The fourth-order valence-electron chi connectivity index (χ4n) is 4.47. The van der Waals surface area contributed by atoms with Crippen LogP contribution in [0.15, 0.2) is 60.8 Å². The van der Waals surface area contributed by atoms with E-state index in [-0.39, 0.29) is 5.97 Å². The van der Waals surface area contributed by atoms with Crippen LogP contribution in [-0.2, 0) is 4.74 Å². The highest BCUT2D eigenvalue weighted by Crippen LogP contribution is 2.41. The second-order valence-corrected chi connectivity index (χ2v) is 8.93. The number of rotatable bonds is 5. The summed E-state index contributed by atoms with van der Waals surface area (Å²) >= 11 is 6.63. The van der Waals surface area contributed by atoms with Crippen LogP contribution in [0.3, 0.4) is 0 Å². The Morgan fingerprint density at radius 2 is 1.68 bits per heavy atom. The minimum atomic E-state index is -0.326. The monoisotopic (exact) mass is 474 g/mol. The lowest BCUT2D eigenvalue weighted by Gasteiger charge is -2.34. The smallest absolute Gasteiger partial charge is 0.338 e. The van der Waals surface area contributed by atoms with Crippen LogP contribution >= 0.6 is 11.6 Å². The number of aromatic amines is 1. The maximum absolute atomic E-state index is 12.1. The van der Waals surface area contributed by atoms with Gasteiger partial charge in [-0.1, -0.05) is 35.9 Å². The standard InChI is InChI=1S/C27H27ClN4O2/c1-3-34-27(33)20-6-4-18(5-7-20)23-24-22(28)12-13-29-26(24)30-25(23)19-8-10-21(11-9-19)32-16-14-31(2)15-17-32/h4-13H,3,14-17H2,1-2H3,(H,29,30). The summed E-state index contributed by atoms with van der Waals surface area (Å²) < 4.78 is 5.13. The fourth-order valence-corrected chi connectivity index (χ4v) is 4.71. The topological polar surface area (TPSA) is 61.5 Å². The van der Waals surface area contributed by atoms with E-state index in [4.69, 9.17) is 16.3 Å². The molecule has 6 nitrogen and oxygen atoms in total. The van der Waals surface area contributed by atoms with Gasteiger partial charge in [-0.2, -0.15) is 0 Å². The van der Waals surface area contributed by atoms with Crippen molar-refractivity contribution in [3.63, 3.8) is 0 Å². The van der Waals surface area contributed by atoms with Crippen molar-refractivity contribution in [1.82, 2.24) is 14.9 Å². The molecule has 0 unspecified atom stereocenters. The van der Waals surface area contributed by atoms with E-state index in [1.54, 1.807) is 31.3 Å². The van der Waals surface area contributed by atoms with Gasteiger partial charge in [-0.05, 0) is 55.4 Å². The molecule has 0 spiro atoms. The third-order valence-corrected chi connectivity index (χ3v) is 6.67. The number of hydrogen-bond donors (Lipinski definition) is 1. The molecule has 7 heteroatoms. The number of likely N-dealkylation sites (N-methyl/N-ethyl adjacent to an activating group) is 1. The van der Waals surface area contributed by atoms with Crippen molar-refractivity contribution in [2.75, 3.05) is 44.7 Å². The summed E-state index contributed by atoms with van der Waals surface area (Å²) in [5.74, 6) is -0.326. The van der Waals surface area contributed by atoms with Crippen LogP contribution in [0.5, 0.6) is 0 Å². The minimum absolute atomic E-state index is 0.326. The zero-order chi connectivity index (χ0) is 23.7. The van der Waals surface area contributed by atoms with Crippen LogP contribution in [0, 0.1) is 0 Å². The Kier molecular flexibility index (Phi) is 6.26. The van der Waals surface area contributed by atoms with E-state index in [1.165, 1.54) is 5.69 Å². The Hall–Kier alpha value is -3.35. The molecule has 1 N–H and O–H groups in total. The predicted octanol–water partition coefficient (Wildman–Crippen LogP) is 5.48. The summed E-state index contributed by atoms with van der Waals surface area (Å²) in [4.78, 5) is 24.9. The first kappa shape index (κ1) is 22.4. The number of H-pyrrole nitrogens is 1. The van der Waals surface area contributed by atoms with E-state index in [9.17, 15) is 4.79 Å². The van der Waals surface area contributed by atoms with Crippen molar-refractivity contribution in [2.24, 2.45) is 0 Å². The van der Waals surface area contributed by atoms with Crippen molar-refractivity contribution >= 4 is 34.3 Å². The van der Waals surface area contributed by atoms with Gasteiger partial charge in [-0.25, -0.2) is 9.78 Å². The lowest BCUT2D eigenvalue weighted by atomic mass is 9.97. The number of pyridine rings is 1. The molecular formula is C27H27ClN4O2. The molecule has 4 aromatic rings. The summed E-state index contributed by atoms with van der Waals surface area (Å²) in [5, 5.41) is 1.50. The van der Waals surface area contributed by atoms with E-state index >= 15 is 0 Å². The highest BCUT2D eigenvalue weighted by atomic mass is 35.5. The molecule has 2 aromatic carbocycles. The Morgan fingerprint density at radius 1 is 1.00 bits per heavy atom. The summed E-state index contributed by atoms with van der Waals surface area (Å²) in [6.45, 7) is 6.34. The van der Waals surface area contributed by atoms with Gasteiger partial charge in [0.15, 0.2) is 0 Å². The average molecular weight is 475 g/mol. The molecule has 0 saturated carbocycles. The molecule has 174 valence electrons. The Balaban J connectivity index is 1.55. The molecule has 0 bridgehead atoms. The van der Waals surface area contributed by atoms with Crippen molar-refractivity contribution < 1.29 is 9.53 Å². The number of ether oxygens (including phenoxy) is 1. The number of carbonyl (C=O) groups excluding carboxylic acids is 1. The van der Waals surface area contributed by atoms with E-state index in [0.717, 1.165) is 59.6 Å². The molecule has 0 aliphatic carbocycles. The summed E-state index contributed by atoms with van der Waals surface area (Å²) in [6, 6.07) is 17.9. The Labute approximate surface area is 204 Å². The highest BCUT2D eigenvalue weighted by molar-refractivity contribution is 6.36. The van der Waals surface area contributed by atoms with Crippen molar-refractivity contribution in [3.8, 4) is 22.4 Å². The number of nitrogens with one attached hydrogen (secondary N) is 1. The van der Waals surface area contributed by atoms with Crippen molar-refractivity contribution in [1.29, 1.82) is 0 Å². The first-order chi connectivity index (χ1) is 16.5. The number of halogens is 1. The van der Waals surface area contributed by atoms with Gasteiger partial charge in [0.25, 0.3) is 0 Å². The minimum Gasteiger partial charge on any atom is -0.462 e. The molecule has 2 aromatic heterocycles. The first-order valence-electron chi connectivity index (χ1n) is 11.5. The quantitative estimate of drug-likeness (QED) is 0.388. The van der Waals surface area contributed by atoms with Gasteiger partial charge in [0.05, 0.1) is 22.9 Å². The number of anilines is 1. The maximum atomic E-state index is 12.1. The number of aromatic nitrogens is 2. The number of benzene rings is 2. The van der Waals surface area contributed by atoms with Gasteiger partial charge in [0.1, 0.15) is 5.65 Å². The number of hydrogen-bond acceptors (Lipinski definition) is 5. The number of esters is 1. The number of piperazine rings is 1. The molecule has 5 rings (SSSR count). The van der Waals surface area contributed by atoms with Crippen molar-refractivity contribution in [2.45, 2.75) is 6.92 Å². The molecule has 1 aliphatic rings. The molecule has 1 saturated heterocycles. The summed E-state index contributed by atoms with van der Waals surface area (Å²) in [5.41, 5.74) is 6.40. The van der Waals surface area contributed by atoms with Crippen LogP contribution in [0.25, 0.3) is 33.4 Å². The third-order valence-electron chi connectivity index (χ3n) is 6.35. The second kappa shape index (κ2) is 9.49. The van der Waals surface area contributed by atoms with Gasteiger partial charge in [0.2, 0.25) is 0 Å². The number of nitrogens with zero attached hydrogens (tertiary/aromatic N) is 3. The lowest BCUT2D eigenvalue weighted by molar-refractivity contribution is 0.0526. The fraction of sp³-hybridized carbons (Fsp3) is 0.259. The van der Waals surface area contributed by atoms with E-state index < -0.39 is 0 Å². The lowest BCUT2D eigenvalue weighted by Crippen LogP contribution is -2.44. The Bertz CT molecular complexity index is 1310. The van der Waals surface area contributed by atoms with Crippen LogP contribution < -0.4 is 4.90 Å². The summed E-state index contributed by atoms with van der Waals surface area (Å²) in [7, 11) is 2.16. The van der Waals surface area contributed by atoms with E-state index in [0.29, 0.717) is 17.2 Å². The largest absolute Gasteiger partial charge is 0.462 e. The van der Waals surface area contributed by atoms with Gasteiger partial charge in [-0.3, -0.25) is 0 Å². The maximum Gasteiger partial charge on any atom is 0.338 e. The average Bonchev–Trinajstić information content (AvgIpc) is 3.26. The molecule has 1 aliphatic heterocycles. The first-order valence-corrected chi connectivity index (χ1v) is 11.9. The Morgan fingerprint density at radius 3 is 2.35 bits per heavy atom. The van der Waals surface area contributed by atoms with Gasteiger partial charge in [0, 0.05) is 49.0 Å². The summed E-state index contributed by atoms with van der Waals surface area (Å²) in [6.07, 6.45) is 1.70. The number of fused-ring (bicyclic) bond motifs is 1. The molecule has 0 radical (unpaired) electrons. The predicted molar refractivity (Wildman–Crippen MR) is 138 cm³/mol. The zero-order valence-corrected chi connectivity index (χ0v) is 20.1. The molecule has 0 atom stereocenters. The highest BCUT2D eigenvalue weighted by Gasteiger charge is 2.20. The molecular weight excluding hydrogens is 448 g/mol. The third kappa shape index (κ3) is 4.27. The van der Waals surface area contributed by atoms with Crippen LogP contribution in [0.2, 0.25) is 5.02 Å². The van der Waals surface area contributed by atoms with E-state index in [1.807, 2.05) is 12.1 Å². The van der Waals surface area contributed by atoms with Crippen LogP contribution in [-0.4, -0.2) is 60.7 Å².